The fourth-order valence-corrected chi connectivity index (χ4v) is 2.73. The maximum Gasteiger partial charge on any atom is 0.271 e. The van der Waals surface area contributed by atoms with Crippen molar-refractivity contribution in [2.75, 3.05) is 6.61 Å². The summed E-state index contributed by atoms with van der Waals surface area (Å²) in [7, 11) is 0. The molecule has 0 aliphatic carbocycles. The van der Waals surface area contributed by atoms with E-state index in [4.69, 9.17) is 4.74 Å². The van der Waals surface area contributed by atoms with Gasteiger partial charge in [-0.25, -0.2) is 5.43 Å². The number of hydrogen-bond donors (Lipinski definition) is 1. The Hall–Kier alpha value is -4.00. The molecule has 0 aliphatic rings. The molecule has 3 rings (SSSR count). The van der Waals surface area contributed by atoms with Gasteiger partial charge in [-0.15, -0.1) is 0 Å². The number of benzene rings is 3. The molecule has 0 saturated heterocycles. The van der Waals surface area contributed by atoms with E-state index in [1.807, 2.05) is 42.5 Å². The van der Waals surface area contributed by atoms with Gasteiger partial charge in [0.15, 0.2) is 0 Å². The monoisotopic (exact) mass is 403 g/mol. The molecule has 0 radical (unpaired) electrons. The molecule has 30 heavy (non-hydrogen) atoms. The van der Waals surface area contributed by atoms with Gasteiger partial charge in [-0.3, -0.25) is 14.9 Å². The van der Waals surface area contributed by atoms with Crippen molar-refractivity contribution >= 4 is 17.8 Å². The van der Waals surface area contributed by atoms with Crippen molar-refractivity contribution in [3.63, 3.8) is 0 Å². The van der Waals surface area contributed by atoms with Gasteiger partial charge in [0, 0.05) is 17.7 Å². The van der Waals surface area contributed by atoms with Gasteiger partial charge in [0.25, 0.3) is 11.6 Å². The molecular formula is C23H21N3O4. The number of nitro groups is 1. The fourth-order valence-electron chi connectivity index (χ4n) is 2.73. The van der Waals surface area contributed by atoms with Crippen molar-refractivity contribution in [1.29, 1.82) is 0 Å². The van der Waals surface area contributed by atoms with Crippen LogP contribution in [0, 0.1) is 10.1 Å². The SMILES string of the molecule is O=C(N/N=C/c1ccc(OCCCc2ccccc2)cc1)c1ccc([N+](=O)[O-])cc1. The van der Waals surface area contributed by atoms with Gasteiger partial charge in [-0.1, -0.05) is 30.3 Å². The maximum absolute atomic E-state index is 12.0. The van der Waals surface area contributed by atoms with Crippen LogP contribution in [0.5, 0.6) is 5.75 Å². The second kappa shape index (κ2) is 10.5. The summed E-state index contributed by atoms with van der Waals surface area (Å²) < 4.78 is 5.75. The number of nitro benzene ring substituents is 1. The van der Waals surface area contributed by atoms with Crippen molar-refractivity contribution in [3.05, 3.63) is 106 Å². The molecule has 1 N–H and O–H groups in total. The topological polar surface area (TPSA) is 93.8 Å². The number of nitrogens with one attached hydrogen (secondary N) is 1. The van der Waals surface area contributed by atoms with Crippen molar-refractivity contribution in [2.45, 2.75) is 12.8 Å². The molecule has 3 aromatic carbocycles. The minimum absolute atomic E-state index is 0.0718. The van der Waals surface area contributed by atoms with Crippen molar-refractivity contribution in [2.24, 2.45) is 5.10 Å². The summed E-state index contributed by atoms with van der Waals surface area (Å²) in [4.78, 5) is 22.1. The van der Waals surface area contributed by atoms with Crippen LogP contribution >= 0.6 is 0 Å². The first-order valence-electron chi connectivity index (χ1n) is 9.46. The molecule has 0 spiro atoms. The molecule has 1 amide bonds. The van der Waals surface area contributed by atoms with Gasteiger partial charge in [0.1, 0.15) is 5.75 Å². The van der Waals surface area contributed by atoms with Gasteiger partial charge in [0.05, 0.1) is 17.7 Å². The smallest absolute Gasteiger partial charge is 0.271 e. The van der Waals surface area contributed by atoms with Crippen molar-refractivity contribution in [3.8, 4) is 5.75 Å². The number of hydrogen-bond acceptors (Lipinski definition) is 5. The van der Waals surface area contributed by atoms with Crippen LogP contribution in [-0.4, -0.2) is 23.7 Å². The Balaban J connectivity index is 1.42. The van der Waals surface area contributed by atoms with Crippen LogP contribution in [0.15, 0.2) is 84.0 Å². The van der Waals surface area contributed by atoms with E-state index in [2.05, 4.69) is 22.7 Å². The highest BCUT2D eigenvalue weighted by atomic mass is 16.6. The van der Waals surface area contributed by atoms with Crippen molar-refractivity contribution < 1.29 is 14.5 Å². The van der Waals surface area contributed by atoms with E-state index in [-0.39, 0.29) is 11.3 Å². The predicted octanol–water partition coefficient (Wildman–Crippen LogP) is 4.37. The highest BCUT2D eigenvalue weighted by Gasteiger charge is 2.08. The second-order valence-corrected chi connectivity index (χ2v) is 6.51. The molecule has 0 bridgehead atoms. The van der Waals surface area contributed by atoms with E-state index < -0.39 is 10.8 Å². The lowest BCUT2D eigenvalue weighted by Gasteiger charge is -2.06. The zero-order chi connectivity index (χ0) is 21.2. The Morgan fingerprint density at radius 2 is 1.70 bits per heavy atom. The number of ether oxygens (including phenoxy) is 1. The Labute approximate surface area is 174 Å². The third kappa shape index (κ3) is 6.27. The zero-order valence-electron chi connectivity index (χ0n) is 16.2. The van der Waals surface area contributed by atoms with E-state index in [0.29, 0.717) is 6.61 Å². The van der Waals surface area contributed by atoms with Gasteiger partial charge < -0.3 is 4.74 Å². The number of hydrazone groups is 1. The molecule has 3 aromatic rings. The van der Waals surface area contributed by atoms with E-state index in [1.165, 1.54) is 36.0 Å². The van der Waals surface area contributed by atoms with E-state index in [1.54, 1.807) is 0 Å². The number of nitrogens with zero attached hydrogens (tertiary/aromatic N) is 2. The first-order valence-corrected chi connectivity index (χ1v) is 9.46. The molecule has 7 nitrogen and oxygen atoms in total. The second-order valence-electron chi connectivity index (χ2n) is 6.51. The highest BCUT2D eigenvalue weighted by molar-refractivity contribution is 5.95. The highest BCUT2D eigenvalue weighted by Crippen LogP contribution is 2.13. The Morgan fingerprint density at radius 3 is 2.37 bits per heavy atom. The molecule has 0 aromatic heterocycles. The van der Waals surface area contributed by atoms with Crippen LogP contribution in [0.2, 0.25) is 0 Å². The van der Waals surface area contributed by atoms with Crippen LogP contribution in [0.3, 0.4) is 0 Å². The van der Waals surface area contributed by atoms with Crippen LogP contribution < -0.4 is 10.2 Å². The summed E-state index contributed by atoms with van der Waals surface area (Å²) >= 11 is 0. The van der Waals surface area contributed by atoms with E-state index >= 15 is 0 Å². The summed E-state index contributed by atoms with van der Waals surface area (Å²) in [6.45, 7) is 0.633. The van der Waals surface area contributed by atoms with Crippen LogP contribution in [0.25, 0.3) is 0 Å². The van der Waals surface area contributed by atoms with Gasteiger partial charge in [-0.2, -0.15) is 5.10 Å². The molecule has 0 saturated carbocycles. The maximum atomic E-state index is 12.0. The number of non-ortho nitro benzene ring substituents is 1. The zero-order valence-corrected chi connectivity index (χ0v) is 16.2. The molecule has 0 heterocycles. The normalized spacial score (nSPS) is 10.7. The Kier molecular flexibility index (Phi) is 7.27. The molecule has 0 aliphatic heterocycles. The fraction of sp³-hybridized carbons (Fsp3) is 0.130. The van der Waals surface area contributed by atoms with Crippen molar-refractivity contribution in [1.82, 2.24) is 5.43 Å². The third-order valence-corrected chi connectivity index (χ3v) is 4.32. The lowest BCUT2D eigenvalue weighted by atomic mass is 10.1. The molecule has 0 atom stereocenters. The number of amides is 1. The van der Waals surface area contributed by atoms with E-state index in [0.717, 1.165) is 24.2 Å². The van der Waals surface area contributed by atoms with Gasteiger partial charge in [-0.05, 0) is 60.4 Å². The Morgan fingerprint density at radius 1 is 1.00 bits per heavy atom. The number of carbonyl (C=O) groups excluding carboxylic acids is 1. The van der Waals surface area contributed by atoms with Gasteiger partial charge in [0.2, 0.25) is 0 Å². The summed E-state index contributed by atoms with van der Waals surface area (Å²) in [5, 5.41) is 14.6. The summed E-state index contributed by atoms with van der Waals surface area (Å²) in [5.41, 5.74) is 4.71. The molecule has 7 heteroatoms. The van der Waals surface area contributed by atoms with Crippen LogP contribution in [0.1, 0.15) is 27.9 Å². The quantitative estimate of drug-likeness (QED) is 0.248. The summed E-state index contributed by atoms with van der Waals surface area (Å²) in [6, 6.07) is 23.0. The van der Waals surface area contributed by atoms with E-state index in [9.17, 15) is 14.9 Å². The molecule has 0 unspecified atom stereocenters. The first kappa shape index (κ1) is 20.7. The standard InChI is InChI=1S/C23H21N3O4/c27-23(20-10-12-21(13-11-20)26(28)29)25-24-17-19-8-14-22(15-9-19)30-16-4-7-18-5-2-1-3-6-18/h1-3,5-6,8-15,17H,4,7,16H2,(H,25,27)/b24-17+. The number of rotatable bonds is 9. The number of carbonyl (C=O) groups is 1. The van der Waals surface area contributed by atoms with Crippen LogP contribution in [0.4, 0.5) is 5.69 Å². The molecule has 152 valence electrons. The predicted molar refractivity (Wildman–Crippen MR) is 115 cm³/mol. The molecular weight excluding hydrogens is 382 g/mol. The first-order chi connectivity index (χ1) is 14.6. The summed E-state index contributed by atoms with van der Waals surface area (Å²) in [6.07, 6.45) is 3.42. The minimum atomic E-state index is -0.517. The van der Waals surface area contributed by atoms with Gasteiger partial charge >= 0.3 is 0 Å². The third-order valence-electron chi connectivity index (χ3n) is 4.32. The Bertz CT molecular complexity index is 1000. The lowest BCUT2D eigenvalue weighted by molar-refractivity contribution is -0.384. The molecule has 0 fully saturated rings. The summed E-state index contributed by atoms with van der Waals surface area (Å²) in [5.74, 6) is 0.328. The average molecular weight is 403 g/mol. The number of aryl methyl sites for hydroxylation is 1. The largest absolute Gasteiger partial charge is 0.494 e. The minimum Gasteiger partial charge on any atom is -0.494 e. The average Bonchev–Trinajstić information content (AvgIpc) is 2.78. The van der Waals surface area contributed by atoms with Crippen LogP contribution in [-0.2, 0) is 6.42 Å². The lowest BCUT2D eigenvalue weighted by Crippen LogP contribution is -2.17.